The minimum absolute atomic E-state index is 0.109. The lowest BCUT2D eigenvalue weighted by atomic mass is 10.1. The summed E-state index contributed by atoms with van der Waals surface area (Å²) < 4.78 is 22.0. The van der Waals surface area contributed by atoms with Gasteiger partial charge < -0.3 is 4.90 Å². The summed E-state index contributed by atoms with van der Waals surface area (Å²) in [5.41, 5.74) is 0.682. The molecule has 4 nitrogen and oxygen atoms in total. The summed E-state index contributed by atoms with van der Waals surface area (Å²) >= 11 is 5.86. The van der Waals surface area contributed by atoms with E-state index in [1.165, 1.54) is 0 Å². The Labute approximate surface area is 115 Å². The summed E-state index contributed by atoms with van der Waals surface area (Å²) in [5.74, 6) is -0.557. The van der Waals surface area contributed by atoms with Crippen LogP contribution in [0, 0.1) is 5.92 Å². The summed E-state index contributed by atoms with van der Waals surface area (Å²) in [6.45, 7) is 0.352. The third kappa shape index (κ3) is 3.37. The van der Waals surface area contributed by atoms with Gasteiger partial charge in [-0.15, -0.1) is 0 Å². The minimum Gasteiger partial charge on any atom is -0.312 e. The topological polar surface area (TPSA) is 54.5 Å². The first kappa shape index (κ1) is 13.6. The molecule has 1 atom stereocenters. The number of benzene rings is 1. The second-order valence-electron chi connectivity index (χ2n) is 4.26. The van der Waals surface area contributed by atoms with Crippen LogP contribution in [0.1, 0.15) is 6.42 Å². The molecular formula is C11H11Cl2NO3S. The lowest BCUT2D eigenvalue weighted by Gasteiger charge is -2.16. The maximum absolute atomic E-state index is 11.8. The second kappa shape index (κ2) is 5.07. The Kier molecular flexibility index (Phi) is 3.84. The summed E-state index contributed by atoms with van der Waals surface area (Å²) in [6, 6.07) is 6.90. The van der Waals surface area contributed by atoms with Gasteiger partial charge in [0, 0.05) is 40.3 Å². The van der Waals surface area contributed by atoms with Crippen molar-refractivity contribution >= 4 is 42.9 Å². The Morgan fingerprint density at radius 1 is 1.39 bits per heavy atom. The van der Waals surface area contributed by atoms with Gasteiger partial charge in [0.05, 0.1) is 5.75 Å². The molecule has 0 aromatic heterocycles. The first-order valence-electron chi connectivity index (χ1n) is 5.33. The number of halogens is 2. The van der Waals surface area contributed by atoms with E-state index in [4.69, 9.17) is 22.3 Å². The van der Waals surface area contributed by atoms with Crippen LogP contribution in [0.3, 0.4) is 0 Å². The van der Waals surface area contributed by atoms with E-state index in [1.54, 1.807) is 29.2 Å². The molecule has 0 spiro atoms. The van der Waals surface area contributed by atoms with E-state index in [-0.39, 0.29) is 24.0 Å². The number of hydrogen-bond donors (Lipinski definition) is 0. The Hall–Kier alpha value is -0.780. The van der Waals surface area contributed by atoms with Gasteiger partial charge in [0.25, 0.3) is 0 Å². The average Bonchev–Trinajstić information content (AvgIpc) is 2.56. The molecule has 1 saturated heterocycles. The van der Waals surface area contributed by atoms with E-state index in [1.807, 2.05) is 0 Å². The first-order valence-corrected chi connectivity index (χ1v) is 8.19. The molecule has 0 radical (unpaired) electrons. The van der Waals surface area contributed by atoms with Crippen LogP contribution in [0.4, 0.5) is 5.69 Å². The standard InChI is InChI=1S/C11H11Cl2NO3S/c12-9-2-1-3-10(5-9)14-6-8(4-11(14)15)7-18(13,16)17/h1-3,5,8H,4,6-7H2. The molecular weight excluding hydrogens is 297 g/mol. The number of hydrogen-bond acceptors (Lipinski definition) is 3. The van der Waals surface area contributed by atoms with Gasteiger partial charge in [-0.25, -0.2) is 8.42 Å². The molecule has 98 valence electrons. The fourth-order valence-electron chi connectivity index (χ4n) is 2.07. The Morgan fingerprint density at radius 3 is 2.72 bits per heavy atom. The predicted molar refractivity (Wildman–Crippen MR) is 71.6 cm³/mol. The molecule has 1 unspecified atom stereocenters. The Morgan fingerprint density at radius 2 is 2.11 bits per heavy atom. The highest BCUT2D eigenvalue weighted by atomic mass is 35.7. The van der Waals surface area contributed by atoms with Gasteiger partial charge in [-0.05, 0) is 18.2 Å². The molecule has 18 heavy (non-hydrogen) atoms. The van der Waals surface area contributed by atoms with Gasteiger partial charge >= 0.3 is 0 Å². The largest absolute Gasteiger partial charge is 0.312 e. The summed E-state index contributed by atoms with van der Waals surface area (Å²) in [6.07, 6.45) is 0.193. The van der Waals surface area contributed by atoms with Crippen LogP contribution in [0.15, 0.2) is 24.3 Å². The van der Waals surface area contributed by atoms with Crippen LogP contribution in [-0.2, 0) is 13.8 Å². The quantitative estimate of drug-likeness (QED) is 0.805. The molecule has 0 bridgehead atoms. The smallest absolute Gasteiger partial charge is 0.232 e. The first-order chi connectivity index (χ1) is 8.35. The average molecular weight is 308 g/mol. The lowest BCUT2D eigenvalue weighted by Crippen LogP contribution is -2.25. The van der Waals surface area contributed by atoms with Gasteiger partial charge in [-0.2, -0.15) is 0 Å². The van der Waals surface area contributed by atoms with Crippen LogP contribution in [0.25, 0.3) is 0 Å². The van der Waals surface area contributed by atoms with Crippen LogP contribution in [-0.4, -0.2) is 26.6 Å². The molecule has 1 aliphatic heterocycles. The number of carbonyl (C=O) groups is 1. The van der Waals surface area contributed by atoms with Gasteiger partial charge in [0.2, 0.25) is 15.0 Å². The van der Waals surface area contributed by atoms with Crippen LogP contribution < -0.4 is 4.90 Å². The SMILES string of the molecule is O=C1CC(CS(=O)(=O)Cl)CN1c1cccc(Cl)c1. The van der Waals surface area contributed by atoms with Crippen molar-refractivity contribution in [1.82, 2.24) is 0 Å². The maximum atomic E-state index is 11.8. The van der Waals surface area contributed by atoms with E-state index in [0.717, 1.165) is 0 Å². The van der Waals surface area contributed by atoms with Crippen molar-refractivity contribution in [2.24, 2.45) is 5.92 Å². The molecule has 0 N–H and O–H groups in total. The highest BCUT2D eigenvalue weighted by Gasteiger charge is 2.33. The van der Waals surface area contributed by atoms with Gasteiger partial charge in [0.1, 0.15) is 0 Å². The van der Waals surface area contributed by atoms with Crippen molar-refractivity contribution in [2.45, 2.75) is 6.42 Å². The number of amides is 1. The molecule has 1 amide bonds. The van der Waals surface area contributed by atoms with E-state index >= 15 is 0 Å². The Balaban J connectivity index is 2.15. The molecule has 2 rings (SSSR count). The van der Waals surface area contributed by atoms with Crippen molar-refractivity contribution in [3.05, 3.63) is 29.3 Å². The molecule has 0 aliphatic carbocycles. The monoisotopic (exact) mass is 307 g/mol. The van der Waals surface area contributed by atoms with E-state index < -0.39 is 9.05 Å². The molecule has 1 aromatic rings. The van der Waals surface area contributed by atoms with E-state index in [9.17, 15) is 13.2 Å². The summed E-state index contributed by atoms with van der Waals surface area (Å²) in [7, 11) is 1.62. The van der Waals surface area contributed by atoms with Crippen LogP contribution in [0.2, 0.25) is 5.02 Å². The number of rotatable bonds is 3. The van der Waals surface area contributed by atoms with E-state index in [2.05, 4.69) is 0 Å². The van der Waals surface area contributed by atoms with Crippen LogP contribution >= 0.6 is 22.3 Å². The van der Waals surface area contributed by atoms with Gasteiger partial charge in [-0.3, -0.25) is 4.79 Å². The Bertz CT molecular complexity index is 573. The van der Waals surface area contributed by atoms with Gasteiger partial charge in [-0.1, -0.05) is 17.7 Å². The minimum atomic E-state index is -3.58. The molecule has 1 aromatic carbocycles. The predicted octanol–water partition coefficient (Wildman–Crippen LogP) is 2.26. The fourth-order valence-corrected chi connectivity index (χ4v) is 3.57. The van der Waals surface area contributed by atoms with Crippen LogP contribution in [0.5, 0.6) is 0 Å². The zero-order chi connectivity index (χ0) is 13.3. The third-order valence-electron chi connectivity index (χ3n) is 2.76. The highest BCUT2D eigenvalue weighted by Crippen LogP contribution is 2.28. The maximum Gasteiger partial charge on any atom is 0.232 e. The summed E-state index contributed by atoms with van der Waals surface area (Å²) in [4.78, 5) is 13.4. The fraction of sp³-hybridized carbons (Fsp3) is 0.364. The lowest BCUT2D eigenvalue weighted by molar-refractivity contribution is -0.117. The van der Waals surface area contributed by atoms with Crippen molar-refractivity contribution in [3.63, 3.8) is 0 Å². The second-order valence-corrected chi connectivity index (χ2v) is 7.52. The number of anilines is 1. The van der Waals surface area contributed by atoms with Gasteiger partial charge in [0.15, 0.2) is 0 Å². The summed E-state index contributed by atoms with van der Waals surface area (Å²) in [5, 5.41) is 0.536. The zero-order valence-electron chi connectivity index (χ0n) is 9.34. The number of carbonyl (C=O) groups excluding carboxylic acids is 1. The van der Waals surface area contributed by atoms with Crippen molar-refractivity contribution in [3.8, 4) is 0 Å². The van der Waals surface area contributed by atoms with Crippen molar-refractivity contribution < 1.29 is 13.2 Å². The van der Waals surface area contributed by atoms with Crippen molar-refractivity contribution in [1.29, 1.82) is 0 Å². The third-order valence-corrected chi connectivity index (χ3v) is 4.24. The molecule has 1 aliphatic rings. The molecule has 0 saturated carbocycles. The molecule has 1 heterocycles. The molecule has 1 fully saturated rings. The van der Waals surface area contributed by atoms with E-state index in [0.29, 0.717) is 17.3 Å². The zero-order valence-corrected chi connectivity index (χ0v) is 11.7. The normalized spacial score (nSPS) is 20.4. The van der Waals surface area contributed by atoms with Crippen molar-refractivity contribution in [2.75, 3.05) is 17.2 Å². The molecule has 7 heteroatoms. The number of nitrogens with zero attached hydrogens (tertiary/aromatic N) is 1. The highest BCUT2D eigenvalue weighted by molar-refractivity contribution is 8.13.